The molecule has 0 bridgehead atoms. The van der Waals surface area contributed by atoms with Gasteiger partial charge in [0.1, 0.15) is 0 Å². The molecule has 10 heteroatoms. The topological polar surface area (TPSA) is 114 Å². The molecule has 1 saturated heterocycles. The monoisotopic (exact) mass is 421 g/mol. The first-order valence-corrected chi connectivity index (χ1v) is 9.31. The maximum absolute atomic E-state index is 12.3. The fraction of sp³-hybridized carbons (Fsp3) is 0.167. The van der Waals surface area contributed by atoms with Gasteiger partial charge in [-0.3, -0.25) is 14.9 Å². The van der Waals surface area contributed by atoms with Gasteiger partial charge >= 0.3 is 5.69 Å². The zero-order valence-corrected chi connectivity index (χ0v) is 16.4. The Kier molecular flexibility index (Phi) is 5.66. The normalized spacial score (nSPS) is 17.5. The van der Waals surface area contributed by atoms with Gasteiger partial charge in [0, 0.05) is 16.8 Å². The van der Waals surface area contributed by atoms with Crippen molar-refractivity contribution in [3.8, 4) is 11.5 Å². The zero-order chi connectivity index (χ0) is 20.4. The molecule has 1 atom stereocenters. The lowest BCUT2D eigenvalue weighted by atomic mass is 10.1. The highest BCUT2D eigenvalue weighted by Gasteiger charge is 2.28. The number of hydrogen-bond acceptors (Lipinski definition) is 7. The molecule has 8 nitrogen and oxygen atoms in total. The number of nitro groups is 1. The van der Waals surface area contributed by atoms with Gasteiger partial charge in [0.15, 0.2) is 11.2 Å². The first-order chi connectivity index (χ1) is 13.3. The fourth-order valence-corrected chi connectivity index (χ4v) is 3.84. The van der Waals surface area contributed by atoms with Gasteiger partial charge in [0.25, 0.3) is 5.91 Å². The van der Waals surface area contributed by atoms with E-state index in [1.807, 2.05) is 19.1 Å². The summed E-state index contributed by atoms with van der Waals surface area (Å²) in [7, 11) is 1.29. The number of aromatic hydroxyl groups is 1. The summed E-state index contributed by atoms with van der Waals surface area (Å²) in [6, 6.07) is 7.98. The Morgan fingerprint density at radius 1 is 1.39 bits per heavy atom. The summed E-state index contributed by atoms with van der Waals surface area (Å²) in [5, 5.41) is 27.6. The number of ether oxygens (including phenoxy) is 1. The number of rotatable bonds is 5. The van der Waals surface area contributed by atoms with Crippen LogP contribution in [0.3, 0.4) is 0 Å². The minimum Gasteiger partial charge on any atom is -0.500 e. The van der Waals surface area contributed by atoms with Crippen LogP contribution in [0.1, 0.15) is 11.1 Å². The number of carbonyl (C=O) groups is 1. The number of phenols is 1. The molecular formula is C18H16ClN3O5S. The van der Waals surface area contributed by atoms with Crippen molar-refractivity contribution >= 4 is 46.7 Å². The van der Waals surface area contributed by atoms with E-state index in [4.69, 9.17) is 16.3 Å². The number of nitrogens with one attached hydrogen (secondary N) is 2. The van der Waals surface area contributed by atoms with E-state index in [0.717, 1.165) is 11.3 Å². The number of halogens is 1. The summed E-state index contributed by atoms with van der Waals surface area (Å²) in [6.45, 7) is 1.90. The van der Waals surface area contributed by atoms with E-state index in [1.54, 1.807) is 6.07 Å². The van der Waals surface area contributed by atoms with Crippen LogP contribution in [0, 0.1) is 17.0 Å². The number of thioether (sulfide) groups is 1. The molecule has 0 radical (unpaired) electrons. The molecular weight excluding hydrogens is 406 g/mol. The van der Waals surface area contributed by atoms with E-state index in [9.17, 15) is 20.0 Å². The quantitative estimate of drug-likeness (QED) is 0.381. The van der Waals surface area contributed by atoms with Crippen LogP contribution in [0.25, 0.3) is 6.08 Å². The molecule has 3 N–H and O–H groups in total. The molecule has 0 spiro atoms. The number of nitrogens with zero attached hydrogens (tertiary/aromatic N) is 1. The minimum atomic E-state index is -0.713. The molecule has 1 amide bonds. The number of aryl methyl sites for hydroxylation is 1. The third-order valence-corrected chi connectivity index (χ3v) is 5.26. The maximum atomic E-state index is 12.3. The van der Waals surface area contributed by atoms with Crippen molar-refractivity contribution in [1.82, 2.24) is 5.32 Å². The Bertz CT molecular complexity index is 995. The van der Waals surface area contributed by atoms with Crippen molar-refractivity contribution < 1.29 is 19.6 Å². The lowest BCUT2D eigenvalue weighted by Crippen LogP contribution is -2.31. The van der Waals surface area contributed by atoms with Crippen molar-refractivity contribution in [1.29, 1.82) is 0 Å². The average molecular weight is 422 g/mol. The molecule has 1 fully saturated rings. The Balaban J connectivity index is 1.84. The molecule has 2 aromatic rings. The fourth-order valence-electron chi connectivity index (χ4n) is 2.64. The lowest BCUT2D eigenvalue weighted by molar-refractivity contribution is -0.386. The number of anilines is 1. The van der Waals surface area contributed by atoms with E-state index in [2.05, 4.69) is 10.6 Å². The number of methoxy groups -OCH3 is 1. The predicted octanol–water partition coefficient (Wildman–Crippen LogP) is 3.87. The van der Waals surface area contributed by atoms with Crippen LogP contribution in [-0.4, -0.2) is 28.5 Å². The number of amides is 1. The molecule has 3 rings (SSSR count). The Labute approximate surface area is 169 Å². The number of hydrogen-bond donors (Lipinski definition) is 3. The van der Waals surface area contributed by atoms with Gasteiger partial charge in [-0.25, -0.2) is 0 Å². The Morgan fingerprint density at radius 3 is 2.79 bits per heavy atom. The molecule has 146 valence electrons. The third kappa shape index (κ3) is 4.15. The summed E-state index contributed by atoms with van der Waals surface area (Å²) < 4.78 is 4.98. The van der Waals surface area contributed by atoms with Crippen LogP contribution in [0.2, 0.25) is 5.02 Å². The van der Waals surface area contributed by atoms with Crippen LogP contribution in [0.15, 0.2) is 35.2 Å². The molecule has 1 heterocycles. The molecule has 1 aliphatic rings. The second-order valence-corrected chi connectivity index (χ2v) is 7.51. The SMILES string of the molecule is COc1cc(/C=C2\SC(Nc3ccc(Cl)cc3C)NC2=O)cc([N+](=O)[O-])c1O. The van der Waals surface area contributed by atoms with Crippen molar-refractivity contribution in [2.24, 2.45) is 0 Å². The highest BCUT2D eigenvalue weighted by Crippen LogP contribution is 2.39. The first kappa shape index (κ1) is 19.8. The van der Waals surface area contributed by atoms with Crippen LogP contribution in [0.4, 0.5) is 11.4 Å². The van der Waals surface area contributed by atoms with Gasteiger partial charge in [-0.15, -0.1) is 0 Å². The molecule has 0 aliphatic carbocycles. The lowest BCUT2D eigenvalue weighted by Gasteiger charge is -2.15. The van der Waals surface area contributed by atoms with Gasteiger partial charge in [-0.2, -0.15) is 0 Å². The molecule has 1 aliphatic heterocycles. The molecule has 1 unspecified atom stereocenters. The number of benzene rings is 2. The molecule has 28 heavy (non-hydrogen) atoms. The van der Waals surface area contributed by atoms with E-state index in [-0.39, 0.29) is 11.7 Å². The zero-order valence-electron chi connectivity index (χ0n) is 14.9. The second-order valence-electron chi connectivity index (χ2n) is 5.93. The van der Waals surface area contributed by atoms with Crippen LogP contribution >= 0.6 is 23.4 Å². The third-order valence-electron chi connectivity index (χ3n) is 4.00. The van der Waals surface area contributed by atoms with Crippen LogP contribution in [0.5, 0.6) is 11.5 Å². The van der Waals surface area contributed by atoms with Gasteiger partial charge in [-0.1, -0.05) is 23.4 Å². The molecule has 2 aromatic carbocycles. The Hall–Kier alpha value is -2.91. The number of phenolic OH excluding ortho intramolecular Hbond substituents is 1. The maximum Gasteiger partial charge on any atom is 0.315 e. The summed E-state index contributed by atoms with van der Waals surface area (Å²) in [5.41, 5.74) is 1.21. The van der Waals surface area contributed by atoms with Gasteiger partial charge in [0.2, 0.25) is 5.75 Å². The highest BCUT2D eigenvalue weighted by molar-refractivity contribution is 8.05. The smallest absolute Gasteiger partial charge is 0.315 e. The van der Waals surface area contributed by atoms with Crippen LogP contribution in [-0.2, 0) is 4.79 Å². The number of nitro benzene ring substituents is 1. The average Bonchev–Trinajstić information content (AvgIpc) is 2.97. The van der Waals surface area contributed by atoms with Crippen molar-refractivity contribution in [2.45, 2.75) is 12.4 Å². The summed E-state index contributed by atoms with van der Waals surface area (Å²) in [4.78, 5) is 23.1. The largest absolute Gasteiger partial charge is 0.500 e. The van der Waals surface area contributed by atoms with Crippen LogP contribution < -0.4 is 15.4 Å². The number of carbonyl (C=O) groups excluding carboxylic acids is 1. The standard InChI is InChI=1S/C18H16ClN3O5S/c1-9-5-11(19)3-4-12(9)20-18-21-17(24)15(28-18)8-10-6-13(22(25)26)16(23)14(7-10)27-2/h3-8,18,20,23H,1-2H3,(H,21,24)/b15-8-. The summed E-state index contributed by atoms with van der Waals surface area (Å²) in [6.07, 6.45) is 1.51. The predicted molar refractivity (Wildman–Crippen MR) is 109 cm³/mol. The first-order valence-electron chi connectivity index (χ1n) is 8.06. The van der Waals surface area contributed by atoms with E-state index < -0.39 is 21.9 Å². The van der Waals surface area contributed by atoms with E-state index in [1.165, 1.54) is 37.1 Å². The van der Waals surface area contributed by atoms with E-state index in [0.29, 0.717) is 15.5 Å². The van der Waals surface area contributed by atoms with Gasteiger partial charge < -0.3 is 20.5 Å². The molecule has 0 aromatic heterocycles. The van der Waals surface area contributed by atoms with Gasteiger partial charge in [0.05, 0.1) is 16.9 Å². The van der Waals surface area contributed by atoms with Crippen molar-refractivity contribution in [2.75, 3.05) is 12.4 Å². The van der Waals surface area contributed by atoms with Gasteiger partial charge in [-0.05, 0) is 48.4 Å². The minimum absolute atomic E-state index is 0.0454. The Morgan fingerprint density at radius 2 is 2.14 bits per heavy atom. The summed E-state index contributed by atoms with van der Waals surface area (Å²) >= 11 is 7.19. The van der Waals surface area contributed by atoms with Crippen molar-refractivity contribution in [3.05, 3.63) is 61.5 Å². The second kappa shape index (κ2) is 7.99. The summed E-state index contributed by atoms with van der Waals surface area (Å²) in [5.74, 6) is -0.921. The van der Waals surface area contributed by atoms with Crippen molar-refractivity contribution in [3.63, 3.8) is 0 Å². The van der Waals surface area contributed by atoms with E-state index >= 15 is 0 Å². The molecule has 0 saturated carbocycles. The highest BCUT2D eigenvalue weighted by atomic mass is 35.5.